The Hall–Kier alpha value is 0. The molecule has 6 heavy (non-hydrogen) atoms. The van der Waals surface area contributed by atoms with Gasteiger partial charge in [-0.3, -0.25) is 0 Å². The molecule has 0 nitrogen and oxygen atoms in total. The van der Waals surface area contributed by atoms with Crippen LogP contribution in [0.4, 0.5) is 0 Å². The van der Waals surface area contributed by atoms with Gasteiger partial charge in [-0.05, 0) is 0 Å². The molecular formula is C6H20. The minimum atomic E-state index is 0. The van der Waals surface area contributed by atoms with Crippen molar-refractivity contribution in [2.45, 2.75) is 38.5 Å². The Morgan fingerprint density at radius 2 is 0.667 bits per heavy atom. The van der Waals surface area contributed by atoms with Gasteiger partial charge in [0.2, 0.25) is 0 Å². The fraction of sp³-hybridized carbons (Fsp3) is 1.00. The number of hydrogen-bond acceptors (Lipinski definition) is 0. The minimum absolute atomic E-state index is 0. The van der Waals surface area contributed by atoms with Crippen molar-refractivity contribution in [1.29, 1.82) is 0 Å². The van der Waals surface area contributed by atoms with Gasteiger partial charge in [0.15, 0.2) is 0 Å². The number of hydrogen-bond donors (Lipinski definition) is 0. The maximum atomic E-state index is 1.50. The van der Waals surface area contributed by atoms with Crippen LogP contribution in [0.25, 0.3) is 0 Å². The number of rotatable bonds is 0. The highest BCUT2D eigenvalue weighted by Crippen LogP contribution is 2.15. The molecule has 0 bridgehead atoms. The zero-order chi connectivity index (χ0) is 4.24. The fourth-order valence-electron chi connectivity index (χ4n) is 1.06. The van der Waals surface area contributed by atoms with Gasteiger partial charge in [-0.25, -0.2) is 0 Å². The van der Waals surface area contributed by atoms with Gasteiger partial charge in [0, 0.05) is 5.71 Å². The predicted octanol–water partition coefficient (Wildman–Crippen LogP) is 3.32. The molecule has 0 aliphatic heterocycles. The Balaban J connectivity index is -0.0000000450. The molecule has 0 N–H and O–H groups in total. The maximum Gasteiger partial charge on any atom is 0 e. The summed E-state index contributed by atoms with van der Waals surface area (Å²) in [5.74, 6) is 0. The van der Waals surface area contributed by atoms with Crippen LogP contribution in [0.3, 0.4) is 0 Å². The maximum absolute atomic E-state index is 1.50. The van der Waals surface area contributed by atoms with Crippen LogP contribution in [0.15, 0.2) is 0 Å². The standard InChI is InChI=1S/C6H12.4H2/c1-2-4-6-5-3-1;;;;/h1-6H2;4*1H. The molecule has 1 aliphatic rings. The van der Waals surface area contributed by atoms with Crippen molar-refractivity contribution in [2.75, 3.05) is 0 Å². The molecule has 44 valence electrons. The van der Waals surface area contributed by atoms with E-state index in [1.165, 1.54) is 38.5 Å². The van der Waals surface area contributed by atoms with E-state index in [1.54, 1.807) is 0 Å². The lowest BCUT2D eigenvalue weighted by Crippen LogP contribution is -1.85. The summed E-state index contributed by atoms with van der Waals surface area (Å²) >= 11 is 0. The summed E-state index contributed by atoms with van der Waals surface area (Å²) in [6.07, 6.45) is 9.00. The van der Waals surface area contributed by atoms with Crippen molar-refractivity contribution in [3.8, 4) is 0 Å². The first-order valence-electron chi connectivity index (χ1n) is 3.00. The first-order chi connectivity index (χ1) is 3.00. The molecule has 0 saturated heterocycles. The summed E-state index contributed by atoms with van der Waals surface area (Å²) in [6, 6.07) is 0. The molecule has 0 aromatic carbocycles. The molecule has 0 amide bonds. The topological polar surface area (TPSA) is 0 Å². The van der Waals surface area contributed by atoms with Gasteiger partial charge >= 0.3 is 0 Å². The third-order valence-electron chi connectivity index (χ3n) is 1.50. The lowest BCUT2D eigenvalue weighted by Gasteiger charge is -2.05. The third kappa shape index (κ3) is 1.00. The van der Waals surface area contributed by atoms with E-state index in [-0.39, 0.29) is 5.71 Å². The molecule has 0 aromatic rings. The van der Waals surface area contributed by atoms with E-state index in [4.69, 9.17) is 0 Å². The summed E-state index contributed by atoms with van der Waals surface area (Å²) in [5, 5.41) is 0. The highest BCUT2D eigenvalue weighted by molar-refractivity contribution is 4.51. The highest BCUT2D eigenvalue weighted by atomic mass is 14.0. The lowest BCUT2D eigenvalue weighted by atomic mass is 10.0. The van der Waals surface area contributed by atoms with Gasteiger partial charge in [-0.1, -0.05) is 38.5 Å². The predicted molar refractivity (Wildman–Crippen MR) is 36.2 cm³/mol. The van der Waals surface area contributed by atoms with E-state index in [0.29, 0.717) is 0 Å². The Bertz CT molecular complexity index is 25.2. The van der Waals surface area contributed by atoms with Crippen LogP contribution in [0.1, 0.15) is 44.2 Å². The summed E-state index contributed by atoms with van der Waals surface area (Å²) in [4.78, 5) is 0. The molecule has 0 atom stereocenters. The van der Waals surface area contributed by atoms with Crippen molar-refractivity contribution in [3.05, 3.63) is 0 Å². The second-order valence-corrected chi connectivity index (χ2v) is 2.12. The van der Waals surface area contributed by atoms with Gasteiger partial charge in [0.1, 0.15) is 0 Å². The van der Waals surface area contributed by atoms with Crippen molar-refractivity contribution in [1.82, 2.24) is 0 Å². The van der Waals surface area contributed by atoms with Crippen LogP contribution < -0.4 is 0 Å². The molecule has 1 rings (SSSR count). The first-order valence-corrected chi connectivity index (χ1v) is 3.00. The van der Waals surface area contributed by atoms with Gasteiger partial charge in [0.05, 0.1) is 0 Å². The van der Waals surface area contributed by atoms with Crippen LogP contribution in [-0.4, -0.2) is 0 Å². The lowest BCUT2D eigenvalue weighted by molar-refractivity contribution is 0.504. The van der Waals surface area contributed by atoms with Crippen LogP contribution in [0.5, 0.6) is 0 Å². The summed E-state index contributed by atoms with van der Waals surface area (Å²) in [5.41, 5.74) is 0. The first kappa shape index (κ1) is 4.17. The zero-order valence-corrected chi connectivity index (χ0v) is 4.24. The van der Waals surface area contributed by atoms with Crippen LogP contribution in [0.2, 0.25) is 0 Å². The molecule has 0 heterocycles. The van der Waals surface area contributed by atoms with Gasteiger partial charge in [-0.15, -0.1) is 0 Å². The van der Waals surface area contributed by atoms with E-state index in [1.807, 2.05) is 0 Å². The summed E-state index contributed by atoms with van der Waals surface area (Å²) in [6.45, 7) is 0. The second kappa shape index (κ2) is 2.22. The molecule has 0 heteroatoms. The summed E-state index contributed by atoms with van der Waals surface area (Å²) in [7, 11) is 0. The SMILES string of the molecule is C1CCCCC1.[HH].[HH].[HH].[HH]. The highest BCUT2D eigenvalue weighted by Gasteiger charge is 1.95. The Morgan fingerprint density at radius 3 is 0.833 bits per heavy atom. The van der Waals surface area contributed by atoms with Crippen LogP contribution in [0, 0.1) is 0 Å². The largest absolute Gasteiger partial charge is 0.0533 e. The molecule has 0 radical (unpaired) electrons. The van der Waals surface area contributed by atoms with Crippen molar-refractivity contribution < 1.29 is 5.71 Å². The van der Waals surface area contributed by atoms with Gasteiger partial charge in [-0.2, -0.15) is 0 Å². The second-order valence-electron chi connectivity index (χ2n) is 2.12. The van der Waals surface area contributed by atoms with Crippen molar-refractivity contribution >= 4 is 0 Å². The van der Waals surface area contributed by atoms with Gasteiger partial charge < -0.3 is 0 Å². The van der Waals surface area contributed by atoms with E-state index >= 15 is 0 Å². The molecular weight excluding hydrogens is 72.1 g/mol. The van der Waals surface area contributed by atoms with Crippen LogP contribution >= 0.6 is 0 Å². The average Bonchev–Trinajstić information content (AvgIpc) is 1.72. The smallest absolute Gasteiger partial charge is 0 e. The minimum Gasteiger partial charge on any atom is -0.0533 e. The van der Waals surface area contributed by atoms with E-state index in [9.17, 15) is 0 Å². The molecule has 1 saturated carbocycles. The Morgan fingerprint density at radius 1 is 0.500 bits per heavy atom. The zero-order valence-electron chi connectivity index (χ0n) is 4.24. The normalized spacial score (nSPS) is 24.0. The Kier molecular flexibility index (Phi) is 1.54. The Labute approximate surface area is 45.5 Å². The monoisotopic (exact) mass is 92.2 g/mol. The summed E-state index contributed by atoms with van der Waals surface area (Å²) < 4.78 is 0. The molecule has 1 fully saturated rings. The molecule has 0 unspecified atom stereocenters. The molecule has 1 aliphatic carbocycles. The molecule has 0 aromatic heterocycles. The van der Waals surface area contributed by atoms with E-state index < -0.39 is 0 Å². The van der Waals surface area contributed by atoms with E-state index in [0.717, 1.165) is 0 Å². The molecule has 0 spiro atoms. The quantitative estimate of drug-likeness (QED) is 0.430. The third-order valence-corrected chi connectivity index (χ3v) is 1.50. The van der Waals surface area contributed by atoms with Crippen molar-refractivity contribution in [2.24, 2.45) is 0 Å². The fourth-order valence-corrected chi connectivity index (χ4v) is 1.06. The van der Waals surface area contributed by atoms with Gasteiger partial charge in [0.25, 0.3) is 0 Å². The average molecular weight is 92.2 g/mol. The van der Waals surface area contributed by atoms with E-state index in [2.05, 4.69) is 0 Å². The van der Waals surface area contributed by atoms with Crippen molar-refractivity contribution in [3.63, 3.8) is 0 Å². The van der Waals surface area contributed by atoms with Crippen LogP contribution in [-0.2, 0) is 0 Å².